The zero-order valence-corrected chi connectivity index (χ0v) is 13.6. The molecule has 0 unspecified atom stereocenters. The summed E-state index contributed by atoms with van der Waals surface area (Å²) in [4.78, 5) is 11.6. The van der Waals surface area contributed by atoms with E-state index in [1.165, 1.54) is 24.3 Å². The Bertz CT molecular complexity index is 628. The van der Waals surface area contributed by atoms with Crippen molar-refractivity contribution in [3.8, 4) is 0 Å². The number of sulfone groups is 1. The molecule has 1 N–H and O–H groups in total. The van der Waals surface area contributed by atoms with Gasteiger partial charge in [0.25, 0.3) is 0 Å². The molecule has 9 heteroatoms. The van der Waals surface area contributed by atoms with Gasteiger partial charge < -0.3 is 5.32 Å². The third kappa shape index (κ3) is 7.17. The largest absolute Gasteiger partial charge is 0.446 e. The Morgan fingerprint density at radius 3 is 2.41 bits per heavy atom. The van der Waals surface area contributed by atoms with Gasteiger partial charge in [-0.3, -0.25) is 4.79 Å². The first-order valence-electron chi connectivity index (χ1n) is 6.33. The number of amides is 1. The van der Waals surface area contributed by atoms with Crippen LogP contribution in [0.5, 0.6) is 0 Å². The highest BCUT2D eigenvalue weighted by Gasteiger charge is 2.30. The lowest BCUT2D eigenvalue weighted by atomic mass is 10.3. The van der Waals surface area contributed by atoms with Crippen LogP contribution in [0.3, 0.4) is 0 Å². The van der Waals surface area contributed by atoms with Crippen molar-refractivity contribution in [3.05, 3.63) is 24.3 Å². The second-order valence-electron chi connectivity index (χ2n) is 5.04. The van der Waals surface area contributed by atoms with Gasteiger partial charge in [0.2, 0.25) is 5.91 Å². The number of para-hydroxylation sites is 1. The van der Waals surface area contributed by atoms with Crippen LogP contribution >= 0.6 is 11.8 Å². The number of benzene rings is 1. The van der Waals surface area contributed by atoms with Crippen LogP contribution in [0.25, 0.3) is 0 Å². The van der Waals surface area contributed by atoms with E-state index in [2.05, 4.69) is 5.32 Å². The van der Waals surface area contributed by atoms with E-state index in [0.717, 1.165) is 0 Å². The Hall–Kier alpha value is -1.22. The van der Waals surface area contributed by atoms with Crippen LogP contribution in [0, 0.1) is 5.92 Å². The Kier molecular flexibility index (Phi) is 6.30. The molecular weight excluding hydrogens is 339 g/mol. The maximum atomic E-state index is 12.4. The van der Waals surface area contributed by atoms with Crippen LogP contribution in [-0.2, 0) is 14.6 Å². The van der Waals surface area contributed by atoms with Gasteiger partial charge in [0.05, 0.1) is 11.4 Å². The van der Waals surface area contributed by atoms with Crippen molar-refractivity contribution in [2.75, 3.05) is 16.8 Å². The van der Waals surface area contributed by atoms with E-state index >= 15 is 0 Å². The Morgan fingerprint density at radius 1 is 1.27 bits per heavy atom. The second kappa shape index (κ2) is 7.36. The molecule has 1 amide bonds. The van der Waals surface area contributed by atoms with Crippen molar-refractivity contribution in [1.29, 1.82) is 0 Å². The summed E-state index contributed by atoms with van der Waals surface area (Å²) in [6.45, 7) is 3.40. The minimum atomic E-state index is -4.50. The molecule has 0 atom stereocenters. The molecule has 124 valence electrons. The molecule has 1 aromatic carbocycles. The normalized spacial score (nSPS) is 12.5. The highest BCUT2D eigenvalue weighted by atomic mass is 32.2. The van der Waals surface area contributed by atoms with Gasteiger partial charge >= 0.3 is 5.51 Å². The summed E-state index contributed by atoms with van der Waals surface area (Å²) in [6, 6.07) is 5.36. The van der Waals surface area contributed by atoms with Gasteiger partial charge in [-0.25, -0.2) is 8.42 Å². The molecule has 0 aromatic heterocycles. The van der Waals surface area contributed by atoms with Gasteiger partial charge in [-0.2, -0.15) is 13.2 Å². The number of anilines is 1. The SMILES string of the molecule is CC(C)CS(=O)(=O)CC(=O)Nc1ccccc1SC(F)(F)F. The number of hydrogen-bond donors (Lipinski definition) is 1. The molecular formula is C13H16F3NO3S2. The fourth-order valence-electron chi connectivity index (χ4n) is 1.74. The summed E-state index contributed by atoms with van der Waals surface area (Å²) in [6.07, 6.45) is 0. The molecule has 1 aromatic rings. The van der Waals surface area contributed by atoms with Crippen molar-refractivity contribution in [3.63, 3.8) is 0 Å². The minimum absolute atomic E-state index is 0.0606. The number of halogens is 3. The Morgan fingerprint density at radius 2 is 1.86 bits per heavy atom. The molecule has 0 spiro atoms. The topological polar surface area (TPSA) is 63.2 Å². The molecule has 0 fully saturated rings. The number of thioether (sulfide) groups is 1. The molecule has 0 heterocycles. The van der Waals surface area contributed by atoms with Crippen molar-refractivity contribution in [2.45, 2.75) is 24.3 Å². The van der Waals surface area contributed by atoms with Crippen molar-refractivity contribution >= 4 is 33.2 Å². The predicted molar refractivity (Wildman–Crippen MR) is 80.5 cm³/mol. The van der Waals surface area contributed by atoms with Crippen LogP contribution in [0.4, 0.5) is 18.9 Å². The highest BCUT2D eigenvalue weighted by molar-refractivity contribution is 8.00. The first-order valence-corrected chi connectivity index (χ1v) is 8.97. The monoisotopic (exact) mass is 355 g/mol. The summed E-state index contributed by atoms with van der Waals surface area (Å²) < 4.78 is 60.7. The Balaban J connectivity index is 2.81. The van der Waals surface area contributed by atoms with E-state index in [0.29, 0.717) is 0 Å². The van der Waals surface area contributed by atoms with Crippen molar-refractivity contribution in [1.82, 2.24) is 0 Å². The van der Waals surface area contributed by atoms with E-state index < -0.39 is 27.0 Å². The van der Waals surface area contributed by atoms with Gasteiger partial charge in [-0.15, -0.1) is 0 Å². The van der Waals surface area contributed by atoms with E-state index in [9.17, 15) is 26.4 Å². The van der Waals surface area contributed by atoms with Gasteiger partial charge in [0.1, 0.15) is 5.75 Å². The number of carbonyl (C=O) groups is 1. The third-order valence-electron chi connectivity index (χ3n) is 2.33. The zero-order valence-electron chi connectivity index (χ0n) is 12.0. The van der Waals surface area contributed by atoms with E-state index in [1.54, 1.807) is 13.8 Å². The molecule has 0 saturated carbocycles. The van der Waals surface area contributed by atoms with Crippen molar-refractivity contribution in [2.24, 2.45) is 5.92 Å². The average Bonchev–Trinajstić information content (AvgIpc) is 2.26. The fourth-order valence-corrected chi connectivity index (χ4v) is 3.97. The standard InChI is InChI=1S/C13H16F3NO3S2/c1-9(2)7-22(19,20)8-12(18)17-10-5-3-4-6-11(10)21-13(14,15)16/h3-6,9H,7-8H2,1-2H3,(H,17,18). The minimum Gasteiger partial charge on any atom is -0.324 e. The predicted octanol–water partition coefficient (Wildman–Crippen LogP) is 3.31. The first-order chi connectivity index (χ1) is 9.98. The van der Waals surface area contributed by atoms with Gasteiger partial charge in [-0.05, 0) is 29.8 Å². The van der Waals surface area contributed by atoms with Crippen LogP contribution in [0.1, 0.15) is 13.8 Å². The summed E-state index contributed by atoms with van der Waals surface area (Å²) in [5, 5.41) is 2.22. The highest BCUT2D eigenvalue weighted by Crippen LogP contribution is 2.40. The van der Waals surface area contributed by atoms with E-state index in [-0.39, 0.29) is 34.0 Å². The van der Waals surface area contributed by atoms with Crippen LogP contribution in [-0.4, -0.2) is 31.3 Å². The van der Waals surface area contributed by atoms with Crippen LogP contribution < -0.4 is 5.32 Å². The van der Waals surface area contributed by atoms with Crippen LogP contribution in [0.2, 0.25) is 0 Å². The summed E-state index contributed by atoms with van der Waals surface area (Å²) in [7, 11) is -3.59. The molecule has 0 bridgehead atoms. The van der Waals surface area contributed by atoms with Crippen molar-refractivity contribution < 1.29 is 26.4 Å². The average molecular weight is 355 g/mol. The molecule has 0 saturated heterocycles. The molecule has 1 rings (SSSR count). The summed E-state index contributed by atoms with van der Waals surface area (Å²) in [5.41, 5.74) is -4.56. The number of nitrogens with one attached hydrogen (secondary N) is 1. The lowest BCUT2D eigenvalue weighted by Gasteiger charge is -2.12. The maximum Gasteiger partial charge on any atom is 0.446 e. The summed E-state index contributed by atoms with van der Waals surface area (Å²) >= 11 is -0.366. The quantitative estimate of drug-likeness (QED) is 0.795. The summed E-state index contributed by atoms with van der Waals surface area (Å²) in [5.74, 6) is -1.89. The molecule has 0 aliphatic heterocycles. The zero-order chi connectivity index (χ0) is 17.0. The third-order valence-corrected chi connectivity index (χ3v) is 5.01. The molecule has 0 aliphatic carbocycles. The lowest BCUT2D eigenvalue weighted by Crippen LogP contribution is -2.26. The van der Waals surface area contributed by atoms with Crippen LogP contribution in [0.15, 0.2) is 29.2 Å². The lowest BCUT2D eigenvalue weighted by molar-refractivity contribution is -0.113. The number of rotatable bonds is 6. The van der Waals surface area contributed by atoms with Gasteiger partial charge in [0.15, 0.2) is 9.84 Å². The Labute approximate surface area is 131 Å². The number of hydrogen-bond acceptors (Lipinski definition) is 4. The fraction of sp³-hybridized carbons (Fsp3) is 0.462. The van der Waals surface area contributed by atoms with E-state index in [1.807, 2.05) is 0 Å². The molecule has 0 radical (unpaired) electrons. The van der Waals surface area contributed by atoms with Gasteiger partial charge in [-0.1, -0.05) is 26.0 Å². The molecule has 22 heavy (non-hydrogen) atoms. The van der Waals surface area contributed by atoms with E-state index in [4.69, 9.17) is 0 Å². The second-order valence-corrected chi connectivity index (χ2v) is 8.26. The number of carbonyl (C=O) groups excluding carboxylic acids is 1. The number of alkyl halides is 3. The van der Waals surface area contributed by atoms with Gasteiger partial charge in [0, 0.05) is 4.90 Å². The maximum absolute atomic E-state index is 12.4. The smallest absolute Gasteiger partial charge is 0.324 e. The first kappa shape index (κ1) is 18.8. The molecule has 4 nitrogen and oxygen atoms in total. The molecule has 0 aliphatic rings.